The number of thiophene rings is 1. The molecule has 0 amide bonds. The quantitative estimate of drug-likeness (QED) is 0.478. The molecule has 0 aliphatic carbocycles. The SMILES string of the molecule is CCOC(=O)c1sc2nc(CSC(N)=NC(C)(C)C)[nH]c(=O)c2c1C. The summed E-state index contributed by atoms with van der Waals surface area (Å²) in [6.45, 7) is 9.62. The number of H-pyrrole nitrogens is 1. The van der Waals surface area contributed by atoms with E-state index in [4.69, 9.17) is 10.5 Å². The summed E-state index contributed by atoms with van der Waals surface area (Å²) in [5.41, 5.74) is 5.96. The number of amidine groups is 1. The van der Waals surface area contributed by atoms with Crippen molar-refractivity contribution < 1.29 is 9.53 Å². The van der Waals surface area contributed by atoms with Crippen molar-refractivity contribution in [2.45, 2.75) is 45.9 Å². The molecule has 0 aliphatic rings. The number of aryl methyl sites for hydroxylation is 1. The first-order valence-corrected chi connectivity index (χ1v) is 9.60. The summed E-state index contributed by atoms with van der Waals surface area (Å²) >= 11 is 2.48. The van der Waals surface area contributed by atoms with Gasteiger partial charge >= 0.3 is 5.97 Å². The second-order valence-electron chi connectivity index (χ2n) is 6.38. The van der Waals surface area contributed by atoms with Crippen LogP contribution < -0.4 is 11.3 Å². The topological polar surface area (TPSA) is 110 Å². The molecule has 7 nitrogen and oxygen atoms in total. The minimum atomic E-state index is -0.431. The third-order valence-electron chi connectivity index (χ3n) is 3.11. The molecule has 0 saturated heterocycles. The zero-order valence-corrected chi connectivity index (χ0v) is 16.6. The fourth-order valence-corrected chi connectivity index (χ4v) is 4.01. The van der Waals surface area contributed by atoms with E-state index in [9.17, 15) is 9.59 Å². The van der Waals surface area contributed by atoms with Gasteiger partial charge in [-0.15, -0.1) is 11.3 Å². The molecule has 0 saturated carbocycles. The number of hydrogen-bond donors (Lipinski definition) is 2. The number of aromatic amines is 1. The molecule has 2 aromatic heterocycles. The molecule has 0 spiro atoms. The normalized spacial score (nSPS) is 12.6. The number of fused-ring (bicyclic) bond motifs is 1. The molecule has 9 heteroatoms. The van der Waals surface area contributed by atoms with Crippen LogP contribution in [0.1, 0.15) is 48.8 Å². The van der Waals surface area contributed by atoms with Gasteiger partial charge < -0.3 is 15.5 Å². The number of nitrogens with two attached hydrogens (primary N) is 1. The second kappa shape index (κ2) is 7.57. The predicted molar refractivity (Wildman–Crippen MR) is 104 cm³/mol. The molecule has 0 fully saturated rings. The number of carbonyl (C=O) groups is 1. The van der Waals surface area contributed by atoms with Crippen molar-refractivity contribution in [1.82, 2.24) is 9.97 Å². The lowest BCUT2D eigenvalue weighted by Crippen LogP contribution is -2.18. The minimum Gasteiger partial charge on any atom is -0.462 e. The Kier molecular flexibility index (Phi) is 5.89. The fourth-order valence-electron chi connectivity index (χ4n) is 2.15. The Morgan fingerprint density at radius 3 is 2.72 bits per heavy atom. The maximum Gasteiger partial charge on any atom is 0.348 e. The highest BCUT2D eigenvalue weighted by molar-refractivity contribution is 8.13. The molecule has 0 unspecified atom stereocenters. The van der Waals surface area contributed by atoms with Gasteiger partial charge in [0, 0.05) is 0 Å². The van der Waals surface area contributed by atoms with E-state index in [1.807, 2.05) is 20.8 Å². The van der Waals surface area contributed by atoms with Gasteiger partial charge in [-0.2, -0.15) is 0 Å². The van der Waals surface area contributed by atoms with Crippen LogP contribution in [-0.2, 0) is 10.5 Å². The van der Waals surface area contributed by atoms with Crippen molar-refractivity contribution in [2.24, 2.45) is 10.7 Å². The molecule has 2 aromatic rings. The summed E-state index contributed by atoms with van der Waals surface area (Å²) in [7, 11) is 0. The first-order valence-electron chi connectivity index (χ1n) is 7.80. The van der Waals surface area contributed by atoms with E-state index in [-0.39, 0.29) is 17.7 Å². The van der Waals surface area contributed by atoms with Crippen LogP contribution in [0.3, 0.4) is 0 Å². The van der Waals surface area contributed by atoms with Gasteiger partial charge in [-0.1, -0.05) is 11.8 Å². The van der Waals surface area contributed by atoms with Gasteiger partial charge in [-0.3, -0.25) is 9.79 Å². The molecule has 0 radical (unpaired) electrons. The smallest absolute Gasteiger partial charge is 0.348 e. The van der Waals surface area contributed by atoms with Crippen LogP contribution >= 0.6 is 23.1 Å². The van der Waals surface area contributed by atoms with Crippen molar-refractivity contribution in [1.29, 1.82) is 0 Å². The molecule has 136 valence electrons. The highest BCUT2D eigenvalue weighted by Crippen LogP contribution is 2.28. The number of nitrogens with one attached hydrogen (secondary N) is 1. The maximum absolute atomic E-state index is 12.4. The van der Waals surface area contributed by atoms with E-state index in [1.165, 1.54) is 23.1 Å². The first kappa shape index (κ1) is 19.5. The van der Waals surface area contributed by atoms with Gasteiger partial charge in [0.15, 0.2) is 5.17 Å². The zero-order chi connectivity index (χ0) is 18.8. The third kappa shape index (κ3) is 4.82. The van der Waals surface area contributed by atoms with E-state index < -0.39 is 5.97 Å². The van der Waals surface area contributed by atoms with Crippen LogP contribution in [0, 0.1) is 6.92 Å². The summed E-state index contributed by atoms with van der Waals surface area (Å²) in [5.74, 6) is 0.452. The second-order valence-corrected chi connectivity index (χ2v) is 8.37. The molecule has 0 aliphatic heterocycles. The number of hydrogen-bond acceptors (Lipinski definition) is 7. The van der Waals surface area contributed by atoms with Gasteiger partial charge in [0.2, 0.25) is 0 Å². The van der Waals surface area contributed by atoms with Crippen molar-refractivity contribution >= 4 is 44.5 Å². The lowest BCUT2D eigenvalue weighted by atomic mass is 10.1. The van der Waals surface area contributed by atoms with E-state index >= 15 is 0 Å². The molecule has 3 N–H and O–H groups in total. The van der Waals surface area contributed by atoms with Crippen LogP contribution in [0.5, 0.6) is 0 Å². The van der Waals surface area contributed by atoms with Crippen LogP contribution in [0.4, 0.5) is 0 Å². The molecule has 0 aromatic carbocycles. The predicted octanol–water partition coefficient (Wildman–Crippen LogP) is 2.82. The highest BCUT2D eigenvalue weighted by Gasteiger charge is 2.20. The lowest BCUT2D eigenvalue weighted by molar-refractivity contribution is 0.0531. The molecular formula is C16H22N4O3S2. The Hall–Kier alpha value is -1.87. The Morgan fingerprint density at radius 2 is 2.12 bits per heavy atom. The number of carbonyl (C=O) groups excluding carboxylic acids is 1. The Labute approximate surface area is 154 Å². The number of esters is 1. The summed E-state index contributed by atoms with van der Waals surface area (Å²) in [6.07, 6.45) is 0. The van der Waals surface area contributed by atoms with E-state index in [1.54, 1.807) is 13.8 Å². The van der Waals surface area contributed by atoms with Crippen LogP contribution in [-0.4, -0.2) is 33.3 Å². The maximum atomic E-state index is 12.4. The standard InChI is InChI=1S/C16H22N4O3S2/c1-6-23-14(22)11-8(2)10-12(21)18-9(19-13(10)25-11)7-24-15(17)20-16(3,4)5/h6-7H2,1-5H3,(H2,17,20)(H,18,19,21). The van der Waals surface area contributed by atoms with Crippen LogP contribution in [0.15, 0.2) is 9.79 Å². The summed E-state index contributed by atoms with van der Waals surface area (Å²) in [6, 6.07) is 0. The van der Waals surface area contributed by atoms with Crippen molar-refractivity contribution in [3.8, 4) is 0 Å². The summed E-state index contributed by atoms with van der Waals surface area (Å²) in [4.78, 5) is 36.8. The first-order chi connectivity index (χ1) is 11.6. The fraction of sp³-hybridized carbons (Fsp3) is 0.500. The van der Waals surface area contributed by atoms with Crippen molar-refractivity contribution in [3.05, 3.63) is 26.6 Å². The average molecular weight is 383 g/mol. The van der Waals surface area contributed by atoms with Gasteiger partial charge in [-0.25, -0.2) is 9.78 Å². The average Bonchev–Trinajstić information content (AvgIpc) is 2.81. The van der Waals surface area contributed by atoms with E-state index in [0.717, 1.165) is 0 Å². The van der Waals surface area contributed by atoms with Crippen molar-refractivity contribution in [2.75, 3.05) is 6.61 Å². The monoisotopic (exact) mass is 382 g/mol. The molecule has 0 bridgehead atoms. The van der Waals surface area contributed by atoms with Gasteiger partial charge in [-0.05, 0) is 40.2 Å². The Balaban J connectivity index is 2.31. The molecule has 2 heterocycles. The van der Waals surface area contributed by atoms with E-state index in [0.29, 0.717) is 37.4 Å². The largest absolute Gasteiger partial charge is 0.462 e. The molecule has 0 atom stereocenters. The van der Waals surface area contributed by atoms with Gasteiger partial charge in [0.05, 0.1) is 23.3 Å². The lowest BCUT2D eigenvalue weighted by Gasteiger charge is -2.12. The number of nitrogens with zero attached hydrogens (tertiary/aromatic N) is 2. The zero-order valence-electron chi connectivity index (χ0n) is 14.9. The third-order valence-corrected chi connectivity index (χ3v) is 5.08. The van der Waals surface area contributed by atoms with Gasteiger partial charge in [0.1, 0.15) is 15.5 Å². The highest BCUT2D eigenvalue weighted by atomic mass is 32.2. The van der Waals surface area contributed by atoms with Crippen LogP contribution in [0.25, 0.3) is 10.2 Å². The van der Waals surface area contributed by atoms with Gasteiger partial charge in [0.25, 0.3) is 5.56 Å². The number of ether oxygens (including phenoxy) is 1. The minimum absolute atomic E-state index is 0.263. The number of rotatable bonds is 4. The number of aromatic nitrogens is 2. The van der Waals surface area contributed by atoms with Crippen LogP contribution in [0.2, 0.25) is 0 Å². The number of aliphatic imine (C=N–C) groups is 1. The summed E-state index contributed by atoms with van der Waals surface area (Å²) in [5, 5.41) is 0.864. The Bertz CT molecular complexity index is 878. The number of thioether (sulfide) groups is 1. The molecule has 2 rings (SSSR count). The molecule has 25 heavy (non-hydrogen) atoms. The van der Waals surface area contributed by atoms with E-state index in [2.05, 4.69) is 15.0 Å². The summed E-state index contributed by atoms with van der Waals surface area (Å²) < 4.78 is 5.03. The Morgan fingerprint density at radius 1 is 1.44 bits per heavy atom. The van der Waals surface area contributed by atoms with Crippen molar-refractivity contribution in [3.63, 3.8) is 0 Å². The molecular weight excluding hydrogens is 360 g/mol.